The van der Waals surface area contributed by atoms with Crippen molar-refractivity contribution in [1.29, 1.82) is 0 Å². The first-order chi connectivity index (χ1) is 15.1. The highest BCUT2D eigenvalue weighted by molar-refractivity contribution is 8.00. The number of carbonyl (C=O) groups excluding carboxylic acids is 1. The molecule has 0 radical (unpaired) electrons. The second-order valence-electron chi connectivity index (χ2n) is 7.34. The Hall–Kier alpha value is -2.58. The third-order valence-corrected chi connectivity index (χ3v) is 7.98. The number of nitrogens with one attached hydrogen (secondary N) is 1. The topological polar surface area (TPSA) is 109 Å². The quantitative estimate of drug-likeness (QED) is 0.308. The van der Waals surface area contributed by atoms with Crippen molar-refractivity contribution in [3.63, 3.8) is 0 Å². The second kappa shape index (κ2) is 11.3. The van der Waals surface area contributed by atoms with Gasteiger partial charge in [-0.05, 0) is 56.7 Å². The van der Waals surface area contributed by atoms with Crippen LogP contribution in [0.15, 0.2) is 53.7 Å². The van der Waals surface area contributed by atoms with Crippen molar-refractivity contribution in [3.05, 3.63) is 54.4 Å². The highest BCUT2D eigenvalue weighted by Crippen LogP contribution is 2.35. The average molecular weight is 478 g/mol. The Morgan fingerprint density at radius 2 is 2.00 bits per heavy atom. The number of likely N-dealkylation sites (N-methyl/N-ethyl adjacent to an activating group) is 1. The van der Waals surface area contributed by atoms with Crippen LogP contribution >= 0.6 is 11.8 Å². The van der Waals surface area contributed by atoms with E-state index in [4.69, 9.17) is 4.74 Å². The zero-order valence-corrected chi connectivity index (χ0v) is 20.0. The number of hydrogen-bond acceptors (Lipinski definition) is 7. The zero-order valence-electron chi connectivity index (χ0n) is 18.4. The van der Waals surface area contributed by atoms with Crippen molar-refractivity contribution in [1.82, 2.24) is 14.8 Å². The Balaban J connectivity index is 2.27. The van der Waals surface area contributed by atoms with E-state index in [2.05, 4.69) is 16.8 Å². The summed E-state index contributed by atoms with van der Waals surface area (Å²) in [4.78, 5) is 16.6. The van der Waals surface area contributed by atoms with Gasteiger partial charge in [0.15, 0.2) is 0 Å². The maximum atomic E-state index is 13.3. The molecule has 1 aromatic heterocycles. The number of amides is 1. The summed E-state index contributed by atoms with van der Waals surface area (Å²) in [6, 6.07) is 8.39. The SMILES string of the molecule is CC#CCOc1ccc(S(=O)(=O)N(C)[C@@H](C(=O)NO)C(C)(C)SCc2cccnc2)cc1. The summed E-state index contributed by atoms with van der Waals surface area (Å²) in [5.41, 5.74) is 2.54. The van der Waals surface area contributed by atoms with Gasteiger partial charge in [0.25, 0.3) is 5.91 Å². The fourth-order valence-electron chi connectivity index (χ4n) is 3.02. The molecule has 8 nitrogen and oxygen atoms in total. The Morgan fingerprint density at radius 3 is 2.56 bits per heavy atom. The number of rotatable bonds is 10. The molecule has 0 fully saturated rings. The van der Waals surface area contributed by atoms with Crippen LogP contribution in [0.25, 0.3) is 0 Å². The van der Waals surface area contributed by atoms with Crippen molar-refractivity contribution >= 4 is 27.7 Å². The molecule has 0 bridgehead atoms. The molecular weight excluding hydrogens is 450 g/mol. The van der Waals surface area contributed by atoms with Crippen molar-refractivity contribution in [3.8, 4) is 17.6 Å². The van der Waals surface area contributed by atoms with Crippen molar-refractivity contribution < 1.29 is 23.2 Å². The number of hydroxylamine groups is 1. The van der Waals surface area contributed by atoms with Crippen LogP contribution in [0.4, 0.5) is 0 Å². The van der Waals surface area contributed by atoms with Gasteiger partial charge in [0.2, 0.25) is 10.0 Å². The minimum Gasteiger partial charge on any atom is -0.481 e. The highest BCUT2D eigenvalue weighted by Gasteiger charge is 2.43. The van der Waals surface area contributed by atoms with Crippen LogP contribution in [0, 0.1) is 11.8 Å². The summed E-state index contributed by atoms with van der Waals surface area (Å²) in [7, 11) is -2.73. The minimum absolute atomic E-state index is 0.00211. The summed E-state index contributed by atoms with van der Waals surface area (Å²) in [5, 5.41) is 9.31. The summed E-state index contributed by atoms with van der Waals surface area (Å²) >= 11 is 1.39. The van der Waals surface area contributed by atoms with E-state index in [9.17, 15) is 18.4 Å². The van der Waals surface area contributed by atoms with E-state index in [0.717, 1.165) is 9.87 Å². The molecule has 0 saturated heterocycles. The lowest BCUT2D eigenvalue weighted by Crippen LogP contribution is -2.56. The number of ether oxygens (including phenoxy) is 1. The number of pyridine rings is 1. The molecule has 32 heavy (non-hydrogen) atoms. The van der Waals surface area contributed by atoms with Gasteiger partial charge in [0.05, 0.1) is 4.90 Å². The Labute approximate surface area is 193 Å². The number of hydrogen-bond donors (Lipinski definition) is 2. The maximum absolute atomic E-state index is 13.3. The van der Waals surface area contributed by atoms with Gasteiger partial charge in [-0.2, -0.15) is 4.31 Å². The van der Waals surface area contributed by atoms with Crippen LogP contribution < -0.4 is 10.2 Å². The lowest BCUT2D eigenvalue weighted by atomic mass is 10.0. The van der Waals surface area contributed by atoms with Crippen molar-refractivity contribution in [2.24, 2.45) is 0 Å². The van der Waals surface area contributed by atoms with E-state index < -0.39 is 26.7 Å². The van der Waals surface area contributed by atoms with Gasteiger partial charge in [-0.1, -0.05) is 12.0 Å². The van der Waals surface area contributed by atoms with Crippen LogP contribution in [-0.2, 0) is 20.6 Å². The number of thioether (sulfide) groups is 1. The fourth-order valence-corrected chi connectivity index (χ4v) is 5.66. The first-order valence-electron chi connectivity index (χ1n) is 9.71. The maximum Gasteiger partial charge on any atom is 0.263 e. The predicted octanol–water partition coefficient (Wildman–Crippen LogP) is 2.69. The molecule has 0 unspecified atom stereocenters. The van der Waals surface area contributed by atoms with E-state index in [1.807, 2.05) is 6.07 Å². The van der Waals surface area contributed by atoms with E-state index in [1.54, 1.807) is 44.7 Å². The van der Waals surface area contributed by atoms with E-state index in [1.165, 1.54) is 43.1 Å². The van der Waals surface area contributed by atoms with Gasteiger partial charge in [-0.15, -0.1) is 17.7 Å². The van der Waals surface area contributed by atoms with Gasteiger partial charge in [0, 0.05) is 29.9 Å². The van der Waals surface area contributed by atoms with E-state index >= 15 is 0 Å². The minimum atomic E-state index is -4.05. The third kappa shape index (κ3) is 6.46. The lowest BCUT2D eigenvalue weighted by molar-refractivity contribution is -0.133. The van der Waals surface area contributed by atoms with Gasteiger partial charge in [-0.3, -0.25) is 15.0 Å². The van der Waals surface area contributed by atoms with E-state index in [0.29, 0.717) is 11.5 Å². The number of aromatic nitrogens is 1. The van der Waals surface area contributed by atoms with E-state index in [-0.39, 0.29) is 11.5 Å². The van der Waals surface area contributed by atoms with Crippen molar-refractivity contribution in [2.45, 2.75) is 42.2 Å². The lowest BCUT2D eigenvalue weighted by Gasteiger charge is -2.37. The molecule has 10 heteroatoms. The molecule has 1 atom stereocenters. The predicted molar refractivity (Wildman–Crippen MR) is 124 cm³/mol. The zero-order chi connectivity index (χ0) is 23.8. The average Bonchev–Trinajstić information content (AvgIpc) is 2.78. The molecule has 0 aliphatic rings. The van der Waals surface area contributed by atoms with Crippen LogP contribution in [0.5, 0.6) is 5.75 Å². The first kappa shape index (κ1) is 25.7. The summed E-state index contributed by atoms with van der Waals surface area (Å²) in [6.07, 6.45) is 3.37. The molecule has 2 aromatic rings. The van der Waals surface area contributed by atoms with Gasteiger partial charge in [0.1, 0.15) is 18.4 Å². The largest absolute Gasteiger partial charge is 0.481 e. The smallest absolute Gasteiger partial charge is 0.263 e. The molecule has 0 saturated carbocycles. The Morgan fingerprint density at radius 1 is 1.31 bits per heavy atom. The Bertz CT molecular complexity index is 1060. The summed E-state index contributed by atoms with van der Waals surface area (Å²) in [6.45, 7) is 5.41. The van der Waals surface area contributed by atoms with Gasteiger partial charge in [-0.25, -0.2) is 13.9 Å². The van der Waals surface area contributed by atoms with Gasteiger partial charge < -0.3 is 4.74 Å². The molecule has 2 rings (SSSR count). The number of sulfonamides is 1. The molecular formula is C22H27N3O5S2. The van der Waals surface area contributed by atoms with Crippen molar-refractivity contribution in [2.75, 3.05) is 13.7 Å². The normalized spacial score (nSPS) is 12.6. The van der Waals surface area contributed by atoms with Crippen LogP contribution in [0.1, 0.15) is 26.3 Å². The monoisotopic (exact) mass is 477 g/mol. The number of benzene rings is 1. The molecule has 0 aliphatic carbocycles. The van der Waals surface area contributed by atoms with Gasteiger partial charge >= 0.3 is 0 Å². The third-order valence-electron chi connectivity index (χ3n) is 4.70. The first-order valence-corrected chi connectivity index (χ1v) is 12.1. The summed E-state index contributed by atoms with van der Waals surface area (Å²) in [5.74, 6) is 5.64. The van der Waals surface area contributed by atoms with Crippen LogP contribution in [-0.4, -0.2) is 53.3 Å². The highest BCUT2D eigenvalue weighted by atomic mass is 32.2. The molecule has 0 aliphatic heterocycles. The molecule has 0 spiro atoms. The molecule has 1 aromatic carbocycles. The van der Waals surface area contributed by atoms with Crippen LogP contribution in [0.2, 0.25) is 0 Å². The molecule has 2 N–H and O–H groups in total. The van der Waals surface area contributed by atoms with Crippen LogP contribution in [0.3, 0.4) is 0 Å². The molecule has 1 heterocycles. The second-order valence-corrected chi connectivity index (χ2v) is 11.0. The summed E-state index contributed by atoms with van der Waals surface area (Å²) < 4.78 is 32.1. The standard InChI is InChI=1S/C22H27N3O5S2/c1-5-6-14-30-18-9-11-19(12-10-18)32(28,29)25(4)20(21(26)24-27)22(2,3)31-16-17-8-7-13-23-15-17/h7-13,15,20,27H,14,16H2,1-4H3,(H,24,26)/t20-/m0/s1. The number of nitrogens with zero attached hydrogens (tertiary/aromatic N) is 2. The fraction of sp³-hybridized carbons (Fsp3) is 0.364. The molecule has 1 amide bonds. The molecule has 172 valence electrons. The number of carbonyl (C=O) groups is 1. The Kier molecular flexibility index (Phi) is 9.09.